The summed E-state index contributed by atoms with van der Waals surface area (Å²) in [5.74, 6) is 0. The Morgan fingerprint density at radius 1 is 0.870 bits per heavy atom. The second-order valence-corrected chi connectivity index (χ2v) is 7.66. The van der Waals surface area contributed by atoms with Crippen LogP contribution in [-0.4, -0.2) is 25.0 Å². The zero-order valence-electron chi connectivity index (χ0n) is 14.1. The Bertz CT molecular complexity index is 812. The smallest absolute Gasteiger partial charge is 0.0380 e. The maximum absolute atomic E-state index is 2.44. The molecule has 2 heteroatoms. The van der Waals surface area contributed by atoms with Gasteiger partial charge in [0.1, 0.15) is 0 Å². The van der Waals surface area contributed by atoms with Crippen LogP contribution in [-0.2, 0) is 0 Å². The lowest BCUT2D eigenvalue weighted by molar-refractivity contribution is 0.313. The Labute approximate surface area is 143 Å². The van der Waals surface area contributed by atoms with E-state index in [-0.39, 0.29) is 0 Å². The van der Waals surface area contributed by atoms with Crippen LogP contribution in [0.4, 0.5) is 0 Å². The van der Waals surface area contributed by atoms with Gasteiger partial charge in [-0.15, -0.1) is 11.3 Å². The van der Waals surface area contributed by atoms with E-state index in [9.17, 15) is 0 Å². The lowest BCUT2D eigenvalue weighted by atomic mass is 9.87. The molecule has 0 N–H and O–H groups in total. The van der Waals surface area contributed by atoms with E-state index in [0.717, 1.165) is 0 Å². The van der Waals surface area contributed by atoms with Crippen LogP contribution >= 0.6 is 11.3 Å². The Kier molecular flexibility index (Phi) is 3.74. The molecule has 0 bridgehead atoms. The fourth-order valence-corrected chi connectivity index (χ4v) is 4.83. The molecule has 4 rings (SSSR count). The van der Waals surface area contributed by atoms with E-state index in [1.807, 2.05) is 11.3 Å². The third-order valence-electron chi connectivity index (χ3n) is 5.38. The summed E-state index contributed by atoms with van der Waals surface area (Å²) < 4.78 is 0. The molecule has 0 radical (unpaired) electrons. The molecule has 1 aliphatic carbocycles. The summed E-state index contributed by atoms with van der Waals surface area (Å²) in [6.07, 6.45) is 2.38. The molecule has 1 aliphatic heterocycles. The van der Waals surface area contributed by atoms with Gasteiger partial charge in [-0.1, -0.05) is 29.8 Å². The van der Waals surface area contributed by atoms with E-state index in [2.05, 4.69) is 61.5 Å². The minimum atomic E-state index is 1.17. The minimum absolute atomic E-state index is 1.17. The largest absolute Gasteiger partial charge is 0.306 e. The fraction of sp³-hybridized carbons (Fsp3) is 0.333. The van der Waals surface area contributed by atoms with Crippen LogP contribution in [0.25, 0.3) is 16.7 Å². The van der Waals surface area contributed by atoms with Crippen molar-refractivity contribution in [2.24, 2.45) is 0 Å². The molecule has 0 unspecified atom stereocenters. The van der Waals surface area contributed by atoms with Crippen molar-refractivity contribution in [2.75, 3.05) is 20.1 Å². The van der Waals surface area contributed by atoms with Gasteiger partial charge in [0.2, 0.25) is 0 Å². The van der Waals surface area contributed by atoms with Gasteiger partial charge in [0.25, 0.3) is 0 Å². The van der Waals surface area contributed by atoms with Crippen molar-refractivity contribution in [3.63, 3.8) is 0 Å². The van der Waals surface area contributed by atoms with E-state index in [1.165, 1.54) is 64.2 Å². The van der Waals surface area contributed by atoms with Crippen LogP contribution in [0.1, 0.15) is 48.3 Å². The van der Waals surface area contributed by atoms with Gasteiger partial charge >= 0.3 is 0 Å². The number of benzene rings is 1. The van der Waals surface area contributed by atoms with Crippen LogP contribution in [0.3, 0.4) is 0 Å². The van der Waals surface area contributed by atoms with Crippen molar-refractivity contribution in [1.29, 1.82) is 0 Å². The van der Waals surface area contributed by atoms with Gasteiger partial charge in [-0.05, 0) is 73.0 Å². The van der Waals surface area contributed by atoms with E-state index in [0.29, 0.717) is 0 Å². The predicted octanol–water partition coefficient (Wildman–Crippen LogP) is 5.54. The number of hydrogen-bond donors (Lipinski definition) is 0. The minimum Gasteiger partial charge on any atom is -0.306 e. The van der Waals surface area contributed by atoms with Gasteiger partial charge in [-0.25, -0.2) is 0 Å². The average Bonchev–Trinajstić information content (AvgIpc) is 3.02. The molecule has 0 spiro atoms. The molecular weight excluding hydrogens is 298 g/mol. The third-order valence-corrected chi connectivity index (χ3v) is 6.42. The third kappa shape index (κ3) is 2.41. The summed E-state index contributed by atoms with van der Waals surface area (Å²) in [5, 5.41) is 2.25. The van der Waals surface area contributed by atoms with E-state index >= 15 is 0 Å². The van der Waals surface area contributed by atoms with Crippen LogP contribution < -0.4 is 0 Å². The molecule has 2 aromatic rings. The van der Waals surface area contributed by atoms with Gasteiger partial charge in [0.05, 0.1) is 0 Å². The maximum Gasteiger partial charge on any atom is 0.0380 e. The highest BCUT2D eigenvalue weighted by Gasteiger charge is 2.25. The highest BCUT2D eigenvalue weighted by atomic mass is 32.1. The number of nitrogens with zero attached hydrogens (tertiary/aromatic N) is 1. The molecule has 1 nitrogen and oxygen atoms in total. The SMILES string of the molecule is CC1=C(C)c2sccc2C(=C2CCN(C)CC2)c2ccccc21. The second kappa shape index (κ2) is 5.77. The van der Waals surface area contributed by atoms with Gasteiger partial charge in [-0.3, -0.25) is 0 Å². The molecule has 1 aromatic carbocycles. The topological polar surface area (TPSA) is 3.24 Å². The molecule has 1 saturated heterocycles. The Morgan fingerprint density at radius 3 is 2.30 bits per heavy atom. The normalized spacial score (nSPS) is 18.7. The van der Waals surface area contributed by atoms with Gasteiger partial charge in [0.15, 0.2) is 0 Å². The van der Waals surface area contributed by atoms with Crippen LogP contribution in [0.5, 0.6) is 0 Å². The predicted molar refractivity (Wildman–Crippen MR) is 102 cm³/mol. The van der Waals surface area contributed by atoms with Crippen molar-refractivity contribution in [1.82, 2.24) is 4.90 Å². The molecule has 1 fully saturated rings. The van der Waals surface area contributed by atoms with Crippen LogP contribution in [0.2, 0.25) is 0 Å². The average molecular weight is 321 g/mol. The van der Waals surface area contributed by atoms with Crippen molar-refractivity contribution in [2.45, 2.75) is 26.7 Å². The first kappa shape index (κ1) is 14.9. The van der Waals surface area contributed by atoms with Crippen molar-refractivity contribution in [3.8, 4) is 0 Å². The van der Waals surface area contributed by atoms with Gasteiger partial charge < -0.3 is 4.90 Å². The molecule has 0 amide bonds. The number of hydrogen-bond acceptors (Lipinski definition) is 2. The van der Waals surface area contributed by atoms with E-state index < -0.39 is 0 Å². The Hall–Kier alpha value is -1.64. The van der Waals surface area contributed by atoms with Crippen molar-refractivity contribution in [3.05, 3.63) is 62.9 Å². The summed E-state index contributed by atoms with van der Waals surface area (Å²) >= 11 is 1.89. The number of piperidine rings is 1. The zero-order chi connectivity index (χ0) is 16.0. The monoisotopic (exact) mass is 321 g/mol. The van der Waals surface area contributed by atoms with E-state index in [1.54, 1.807) is 5.57 Å². The first-order chi connectivity index (χ1) is 11.2. The van der Waals surface area contributed by atoms with Crippen LogP contribution in [0.15, 0.2) is 41.3 Å². The summed E-state index contributed by atoms with van der Waals surface area (Å²) in [6.45, 7) is 6.90. The Morgan fingerprint density at radius 2 is 1.57 bits per heavy atom. The quantitative estimate of drug-likeness (QED) is 0.616. The van der Waals surface area contributed by atoms with Gasteiger partial charge in [0, 0.05) is 23.5 Å². The van der Waals surface area contributed by atoms with Crippen molar-refractivity contribution < 1.29 is 0 Å². The molecule has 2 aliphatic rings. The number of fused-ring (bicyclic) bond motifs is 2. The lowest BCUT2D eigenvalue weighted by Gasteiger charge is -2.27. The number of thiophene rings is 1. The molecule has 2 heterocycles. The van der Waals surface area contributed by atoms with E-state index in [4.69, 9.17) is 0 Å². The summed E-state index contributed by atoms with van der Waals surface area (Å²) in [5.41, 5.74) is 10.3. The standard InChI is InChI=1S/C21H23NS/c1-14-15(2)21-19(10-13-23-21)20(16-8-11-22(3)12-9-16)18-7-5-4-6-17(14)18/h4-7,10,13H,8-9,11-12H2,1-3H3. The highest BCUT2D eigenvalue weighted by Crippen LogP contribution is 2.45. The zero-order valence-corrected chi connectivity index (χ0v) is 15.0. The molecule has 0 atom stereocenters. The summed E-state index contributed by atoms with van der Waals surface area (Å²) in [7, 11) is 2.23. The van der Waals surface area contributed by atoms with Crippen molar-refractivity contribution >= 4 is 28.1 Å². The molecule has 0 saturated carbocycles. The summed E-state index contributed by atoms with van der Waals surface area (Å²) in [6, 6.07) is 11.3. The Balaban J connectivity index is 2.01. The first-order valence-corrected chi connectivity index (χ1v) is 9.31. The number of allylic oxidation sites excluding steroid dienone is 2. The number of likely N-dealkylation sites (tertiary alicyclic amines) is 1. The highest BCUT2D eigenvalue weighted by molar-refractivity contribution is 7.11. The number of rotatable bonds is 0. The second-order valence-electron chi connectivity index (χ2n) is 6.74. The molecule has 118 valence electrons. The molecule has 23 heavy (non-hydrogen) atoms. The van der Waals surface area contributed by atoms with Crippen LogP contribution in [0, 0.1) is 0 Å². The van der Waals surface area contributed by atoms with Gasteiger partial charge in [-0.2, -0.15) is 0 Å². The lowest BCUT2D eigenvalue weighted by Crippen LogP contribution is -2.27. The summed E-state index contributed by atoms with van der Waals surface area (Å²) in [4.78, 5) is 3.90. The molecule has 1 aromatic heterocycles. The fourth-order valence-electron chi connectivity index (χ4n) is 3.86. The first-order valence-electron chi connectivity index (χ1n) is 8.43. The maximum atomic E-state index is 2.44. The molecular formula is C21H23NS.